The smallest absolute Gasteiger partial charge is 0.167 e. The van der Waals surface area contributed by atoms with Crippen LogP contribution in [0.4, 0.5) is 4.39 Å². The van der Waals surface area contributed by atoms with Gasteiger partial charge in [-0.05, 0) is 42.3 Å². The predicted octanol–water partition coefficient (Wildman–Crippen LogP) is 4.32. The lowest BCUT2D eigenvalue weighted by molar-refractivity contribution is 0.0992. The van der Waals surface area contributed by atoms with Crippen molar-refractivity contribution in [1.82, 2.24) is 0 Å². The Morgan fingerprint density at radius 1 is 1.17 bits per heavy atom. The number of ketones is 1. The number of hydrogen-bond donors (Lipinski definition) is 0. The summed E-state index contributed by atoms with van der Waals surface area (Å²) in [4.78, 5) is 12.1. The van der Waals surface area contributed by atoms with Crippen LogP contribution in [0.3, 0.4) is 0 Å². The molecule has 18 heavy (non-hydrogen) atoms. The molecule has 0 amide bonds. The average molecular weight is 307 g/mol. The van der Waals surface area contributed by atoms with Crippen LogP contribution in [-0.4, -0.2) is 5.78 Å². The van der Waals surface area contributed by atoms with Gasteiger partial charge in [0.1, 0.15) is 5.82 Å². The molecule has 92 valence electrons. The van der Waals surface area contributed by atoms with Gasteiger partial charge in [0, 0.05) is 16.5 Å². The summed E-state index contributed by atoms with van der Waals surface area (Å²) in [6.45, 7) is 1.81. The molecule has 0 radical (unpaired) electrons. The van der Waals surface area contributed by atoms with E-state index in [0.29, 0.717) is 5.56 Å². The second kappa shape index (κ2) is 5.44. The number of hydrogen-bond acceptors (Lipinski definition) is 1. The van der Waals surface area contributed by atoms with Crippen molar-refractivity contribution in [2.45, 2.75) is 13.3 Å². The van der Waals surface area contributed by atoms with Crippen molar-refractivity contribution in [2.24, 2.45) is 0 Å². The first-order chi connectivity index (χ1) is 8.56. The summed E-state index contributed by atoms with van der Waals surface area (Å²) < 4.78 is 14.1. The molecule has 2 aromatic carbocycles. The second-order valence-corrected chi connectivity index (χ2v) is 5.10. The summed E-state index contributed by atoms with van der Waals surface area (Å²) in [5, 5.41) is 0. The highest BCUT2D eigenvalue weighted by Crippen LogP contribution is 2.15. The molecule has 0 aliphatic heterocycles. The number of carbonyl (C=O) groups is 1. The highest BCUT2D eigenvalue weighted by Gasteiger charge is 2.10. The van der Waals surface area contributed by atoms with E-state index in [4.69, 9.17) is 0 Å². The molecule has 2 aromatic rings. The molecule has 1 nitrogen and oxygen atoms in total. The molecule has 2 rings (SSSR count). The number of halogens is 2. The number of rotatable bonds is 3. The van der Waals surface area contributed by atoms with Crippen molar-refractivity contribution >= 4 is 21.7 Å². The summed E-state index contributed by atoms with van der Waals surface area (Å²) in [5.41, 5.74) is 2.18. The maximum absolute atomic E-state index is 13.1. The van der Waals surface area contributed by atoms with Crippen LogP contribution in [0.15, 0.2) is 46.9 Å². The molecular formula is C15H12BrFO. The van der Waals surface area contributed by atoms with Gasteiger partial charge in [0.2, 0.25) is 0 Å². The van der Waals surface area contributed by atoms with E-state index >= 15 is 0 Å². The summed E-state index contributed by atoms with van der Waals surface area (Å²) in [7, 11) is 0. The van der Waals surface area contributed by atoms with Gasteiger partial charge in [0.25, 0.3) is 0 Å². The predicted molar refractivity (Wildman–Crippen MR) is 73.3 cm³/mol. The van der Waals surface area contributed by atoms with Gasteiger partial charge in [-0.15, -0.1) is 0 Å². The largest absolute Gasteiger partial charge is 0.294 e. The molecule has 0 N–H and O–H groups in total. The molecule has 0 aliphatic carbocycles. The van der Waals surface area contributed by atoms with Crippen molar-refractivity contribution in [3.8, 4) is 0 Å². The van der Waals surface area contributed by atoms with Crippen molar-refractivity contribution < 1.29 is 9.18 Å². The van der Waals surface area contributed by atoms with Gasteiger partial charge in [0.05, 0.1) is 0 Å². The molecule has 0 aromatic heterocycles. The summed E-state index contributed by atoms with van der Waals surface area (Å²) in [5.74, 6) is -0.436. The standard InChI is InChI=1S/C15H12BrFO/c1-10-2-7-13(17)9-14(10)15(18)8-11-3-5-12(16)6-4-11/h2-7,9H,8H2,1H3. The zero-order valence-electron chi connectivity index (χ0n) is 9.91. The maximum Gasteiger partial charge on any atom is 0.167 e. The van der Waals surface area contributed by atoms with E-state index < -0.39 is 0 Å². The van der Waals surface area contributed by atoms with Gasteiger partial charge in [-0.25, -0.2) is 4.39 Å². The van der Waals surface area contributed by atoms with Crippen molar-refractivity contribution in [2.75, 3.05) is 0 Å². The molecule has 0 bridgehead atoms. The molecule has 0 fully saturated rings. The fourth-order valence-electron chi connectivity index (χ4n) is 1.78. The lowest BCUT2D eigenvalue weighted by atomic mass is 9.99. The Bertz CT molecular complexity index is 576. The van der Waals surface area contributed by atoms with Crippen LogP contribution in [0.5, 0.6) is 0 Å². The van der Waals surface area contributed by atoms with Crippen LogP contribution in [0, 0.1) is 12.7 Å². The molecule has 0 atom stereocenters. The van der Waals surface area contributed by atoms with E-state index in [-0.39, 0.29) is 18.0 Å². The third-order valence-electron chi connectivity index (χ3n) is 2.78. The van der Waals surface area contributed by atoms with Crippen LogP contribution in [0.2, 0.25) is 0 Å². The lowest BCUT2D eigenvalue weighted by Gasteiger charge is -2.05. The zero-order valence-corrected chi connectivity index (χ0v) is 11.5. The highest BCUT2D eigenvalue weighted by atomic mass is 79.9. The molecule has 0 spiro atoms. The van der Waals surface area contributed by atoms with E-state index in [9.17, 15) is 9.18 Å². The van der Waals surface area contributed by atoms with Crippen LogP contribution in [0.1, 0.15) is 21.5 Å². The van der Waals surface area contributed by atoms with E-state index in [1.807, 2.05) is 31.2 Å². The minimum atomic E-state index is -0.375. The fraction of sp³-hybridized carbons (Fsp3) is 0.133. The molecule has 0 unspecified atom stereocenters. The lowest BCUT2D eigenvalue weighted by Crippen LogP contribution is -2.06. The van der Waals surface area contributed by atoms with Crippen LogP contribution < -0.4 is 0 Å². The van der Waals surface area contributed by atoms with Gasteiger partial charge in [-0.2, -0.15) is 0 Å². The maximum atomic E-state index is 13.1. The van der Waals surface area contributed by atoms with Gasteiger partial charge < -0.3 is 0 Å². The first-order valence-corrected chi connectivity index (χ1v) is 6.39. The first kappa shape index (κ1) is 13.0. The van der Waals surface area contributed by atoms with E-state index in [2.05, 4.69) is 15.9 Å². The molecule has 0 saturated heterocycles. The average Bonchev–Trinajstić information content (AvgIpc) is 2.35. The van der Waals surface area contributed by atoms with Gasteiger partial charge in [0.15, 0.2) is 5.78 Å². The van der Waals surface area contributed by atoms with Crippen LogP contribution in [-0.2, 0) is 6.42 Å². The van der Waals surface area contributed by atoms with Gasteiger partial charge in [-0.1, -0.05) is 34.1 Å². The first-order valence-electron chi connectivity index (χ1n) is 5.60. The second-order valence-electron chi connectivity index (χ2n) is 4.19. The topological polar surface area (TPSA) is 17.1 Å². The number of carbonyl (C=O) groups excluding carboxylic acids is 1. The number of benzene rings is 2. The molecule has 3 heteroatoms. The summed E-state index contributed by atoms with van der Waals surface area (Å²) >= 11 is 3.34. The van der Waals surface area contributed by atoms with Gasteiger partial charge in [-0.3, -0.25) is 4.79 Å². The van der Waals surface area contributed by atoms with E-state index in [0.717, 1.165) is 15.6 Å². The Labute approximate surface area is 114 Å². The highest BCUT2D eigenvalue weighted by molar-refractivity contribution is 9.10. The van der Waals surface area contributed by atoms with E-state index in [1.165, 1.54) is 12.1 Å². The summed E-state index contributed by atoms with van der Waals surface area (Å²) in [6.07, 6.45) is 0.289. The van der Waals surface area contributed by atoms with Crippen molar-refractivity contribution in [3.63, 3.8) is 0 Å². The quantitative estimate of drug-likeness (QED) is 0.772. The van der Waals surface area contributed by atoms with Crippen molar-refractivity contribution in [1.29, 1.82) is 0 Å². The Balaban J connectivity index is 2.21. The SMILES string of the molecule is Cc1ccc(F)cc1C(=O)Cc1ccc(Br)cc1. The third-order valence-corrected chi connectivity index (χ3v) is 3.31. The fourth-order valence-corrected chi connectivity index (χ4v) is 2.04. The third kappa shape index (κ3) is 3.05. The van der Waals surface area contributed by atoms with Gasteiger partial charge >= 0.3 is 0 Å². The summed E-state index contributed by atoms with van der Waals surface area (Å²) in [6, 6.07) is 11.8. The Kier molecular flexibility index (Phi) is 3.92. The molecular weight excluding hydrogens is 295 g/mol. The minimum Gasteiger partial charge on any atom is -0.294 e. The Morgan fingerprint density at radius 2 is 1.83 bits per heavy atom. The minimum absolute atomic E-state index is 0.0608. The van der Waals surface area contributed by atoms with Crippen LogP contribution >= 0.6 is 15.9 Å². The van der Waals surface area contributed by atoms with E-state index in [1.54, 1.807) is 6.07 Å². The number of Topliss-reactive ketones (excluding diaryl/α,β-unsaturated/α-hetero) is 1. The normalized spacial score (nSPS) is 10.4. The molecule has 0 saturated carbocycles. The van der Waals surface area contributed by atoms with Crippen LogP contribution in [0.25, 0.3) is 0 Å². The zero-order chi connectivity index (χ0) is 13.1. The molecule has 0 heterocycles. The monoisotopic (exact) mass is 306 g/mol. The Morgan fingerprint density at radius 3 is 2.50 bits per heavy atom. The number of aryl methyl sites for hydroxylation is 1. The Hall–Kier alpha value is -1.48. The molecule has 0 aliphatic rings. The van der Waals surface area contributed by atoms with Crippen molar-refractivity contribution in [3.05, 3.63) is 69.4 Å².